The van der Waals surface area contributed by atoms with Crippen molar-refractivity contribution >= 4 is 35.0 Å². The van der Waals surface area contributed by atoms with E-state index < -0.39 is 5.97 Å². The first kappa shape index (κ1) is 19.7. The molecule has 0 unspecified atom stereocenters. The van der Waals surface area contributed by atoms with Crippen LogP contribution in [0, 0.1) is 5.92 Å². The minimum absolute atomic E-state index is 0.199. The van der Waals surface area contributed by atoms with E-state index in [4.69, 9.17) is 28.3 Å². The first-order valence-electron chi connectivity index (χ1n) is 9.14. The topological polar surface area (TPSA) is 59.9 Å². The van der Waals surface area contributed by atoms with Crippen LogP contribution < -0.4 is 4.90 Å². The highest BCUT2D eigenvalue weighted by Crippen LogP contribution is 2.33. The van der Waals surface area contributed by atoms with Gasteiger partial charge in [0.25, 0.3) is 0 Å². The number of likely N-dealkylation sites (N-methyl/N-ethyl adjacent to an activating group) is 1. The first-order chi connectivity index (χ1) is 12.4. The summed E-state index contributed by atoms with van der Waals surface area (Å²) in [6.45, 7) is 5.87. The number of piperidine rings is 1. The highest BCUT2D eigenvalue weighted by atomic mass is 35.5. The second-order valence-corrected chi connectivity index (χ2v) is 8.14. The summed E-state index contributed by atoms with van der Waals surface area (Å²) in [4.78, 5) is 22.6. The maximum atomic E-state index is 11.1. The Kier molecular flexibility index (Phi) is 6.61. The summed E-state index contributed by atoms with van der Waals surface area (Å²) in [5, 5.41) is 10.2. The number of hydrogen-bond donors (Lipinski definition) is 1. The van der Waals surface area contributed by atoms with Gasteiger partial charge in [-0.2, -0.15) is 0 Å². The Hall–Kier alpha value is -1.08. The van der Waals surface area contributed by atoms with E-state index in [9.17, 15) is 4.79 Å². The molecule has 0 saturated carbocycles. The third kappa shape index (κ3) is 4.80. The molecule has 1 aromatic heterocycles. The third-order valence-electron chi connectivity index (χ3n) is 5.52. The predicted molar refractivity (Wildman–Crippen MR) is 104 cm³/mol. The van der Waals surface area contributed by atoms with Crippen molar-refractivity contribution in [3.63, 3.8) is 0 Å². The standard InChI is InChI=1S/C18H26Cl2N4O2/c1-22-6-8-23(9-7-22)16-4-5-24(12-13(16)2-3-17(25)26)18-15(20)10-14(19)11-21-18/h10-11,13,16H,2-9,12H2,1H3,(H,25,26)/t13-,16+/m1/s1. The number of carbonyl (C=O) groups is 1. The molecule has 144 valence electrons. The maximum Gasteiger partial charge on any atom is 0.303 e. The third-order valence-corrected chi connectivity index (χ3v) is 6.00. The van der Waals surface area contributed by atoms with Gasteiger partial charge < -0.3 is 14.9 Å². The molecule has 0 aromatic carbocycles. The van der Waals surface area contributed by atoms with Crippen LogP contribution in [-0.4, -0.2) is 78.2 Å². The molecule has 2 atom stereocenters. The molecule has 0 spiro atoms. The van der Waals surface area contributed by atoms with Crippen LogP contribution >= 0.6 is 23.2 Å². The predicted octanol–water partition coefficient (Wildman–Crippen LogP) is 2.70. The summed E-state index contributed by atoms with van der Waals surface area (Å²) in [6, 6.07) is 2.13. The summed E-state index contributed by atoms with van der Waals surface area (Å²) in [5.41, 5.74) is 0. The summed E-state index contributed by atoms with van der Waals surface area (Å²) in [6.07, 6.45) is 3.48. The van der Waals surface area contributed by atoms with Crippen molar-refractivity contribution in [2.24, 2.45) is 5.92 Å². The molecule has 1 N–H and O–H groups in total. The smallest absolute Gasteiger partial charge is 0.303 e. The number of carboxylic acids is 1. The largest absolute Gasteiger partial charge is 0.481 e. The van der Waals surface area contributed by atoms with Crippen LogP contribution in [0.15, 0.2) is 12.3 Å². The van der Waals surface area contributed by atoms with Crippen molar-refractivity contribution in [2.75, 3.05) is 51.2 Å². The van der Waals surface area contributed by atoms with Gasteiger partial charge in [0.2, 0.25) is 0 Å². The molecule has 3 rings (SSSR count). The van der Waals surface area contributed by atoms with Gasteiger partial charge in [-0.25, -0.2) is 4.98 Å². The molecule has 0 radical (unpaired) electrons. The Labute approximate surface area is 164 Å². The Morgan fingerprint density at radius 2 is 2.00 bits per heavy atom. The molecule has 0 aliphatic carbocycles. The number of aromatic nitrogens is 1. The summed E-state index contributed by atoms with van der Waals surface area (Å²) >= 11 is 12.3. The van der Waals surface area contributed by atoms with Crippen molar-refractivity contribution in [1.82, 2.24) is 14.8 Å². The molecular weight excluding hydrogens is 375 g/mol. The summed E-state index contributed by atoms with van der Waals surface area (Å²) < 4.78 is 0. The lowest BCUT2D eigenvalue weighted by molar-refractivity contribution is -0.137. The van der Waals surface area contributed by atoms with Gasteiger partial charge in [-0.3, -0.25) is 9.69 Å². The van der Waals surface area contributed by atoms with Gasteiger partial charge in [-0.05, 0) is 31.9 Å². The van der Waals surface area contributed by atoms with Gasteiger partial charge in [0.15, 0.2) is 0 Å². The van der Waals surface area contributed by atoms with E-state index >= 15 is 0 Å². The molecule has 0 amide bonds. The SMILES string of the molecule is CN1CCN([C@H]2CCN(c3ncc(Cl)cc3Cl)C[C@H]2CCC(=O)O)CC1. The lowest BCUT2D eigenvalue weighted by atomic mass is 9.86. The number of pyridine rings is 1. The van der Waals surface area contributed by atoms with Gasteiger partial charge in [0, 0.05) is 57.9 Å². The quantitative estimate of drug-likeness (QED) is 0.819. The minimum atomic E-state index is -0.734. The van der Waals surface area contributed by atoms with E-state index in [1.807, 2.05) is 0 Å². The zero-order valence-electron chi connectivity index (χ0n) is 15.1. The van der Waals surface area contributed by atoms with E-state index in [1.165, 1.54) is 0 Å². The zero-order chi connectivity index (χ0) is 18.7. The van der Waals surface area contributed by atoms with Gasteiger partial charge in [-0.15, -0.1) is 0 Å². The summed E-state index contributed by atoms with van der Waals surface area (Å²) in [5.74, 6) is 0.298. The molecule has 6 nitrogen and oxygen atoms in total. The zero-order valence-corrected chi connectivity index (χ0v) is 16.6. The number of halogens is 2. The van der Waals surface area contributed by atoms with Crippen LogP contribution in [0.25, 0.3) is 0 Å². The minimum Gasteiger partial charge on any atom is -0.481 e. The lowest BCUT2D eigenvalue weighted by Crippen LogP contribution is -2.56. The van der Waals surface area contributed by atoms with Crippen LogP contribution in [0.5, 0.6) is 0 Å². The van der Waals surface area contributed by atoms with Crippen LogP contribution in [-0.2, 0) is 4.79 Å². The fourth-order valence-electron chi connectivity index (χ4n) is 4.08. The number of hydrogen-bond acceptors (Lipinski definition) is 5. The van der Waals surface area contributed by atoms with Gasteiger partial charge >= 0.3 is 5.97 Å². The van der Waals surface area contributed by atoms with E-state index in [1.54, 1.807) is 12.3 Å². The Morgan fingerprint density at radius 1 is 1.27 bits per heavy atom. The van der Waals surface area contributed by atoms with E-state index in [0.717, 1.165) is 51.5 Å². The second-order valence-electron chi connectivity index (χ2n) is 7.29. The fraction of sp³-hybridized carbons (Fsp3) is 0.667. The second kappa shape index (κ2) is 8.74. The molecule has 8 heteroatoms. The average molecular weight is 401 g/mol. The van der Waals surface area contributed by atoms with Crippen LogP contribution in [0.3, 0.4) is 0 Å². The molecule has 2 saturated heterocycles. The van der Waals surface area contributed by atoms with Gasteiger partial charge in [0.05, 0.1) is 10.0 Å². The van der Waals surface area contributed by atoms with Crippen LogP contribution in [0.1, 0.15) is 19.3 Å². The number of piperazine rings is 1. The lowest BCUT2D eigenvalue weighted by Gasteiger charge is -2.46. The molecule has 3 heterocycles. The number of anilines is 1. The molecular formula is C18H26Cl2N4O2. The first-order valence-corrected chi connectivity index (χ1v) is 9.90. The average Bonchev–Trinajstić information content (AvgIpc) is 2.60. The van der Waals surface area contributed by atoms with Crippen LogP contribution in [0.4, 0.5) is 5.82 Å². The van der Waals surface area contributed by atoms with E-state index in [2.05, 4.69) is 26.7 Å². The fourth-order valence-corrected chi connectivity index (χ4v) is 4.58. The highest BCUT2D eigenvalue weighted by molar-refractivity contribution is 6.36. The van der Waals surface area contributed by atoms with Crippen LogP contribution in [0.2, 0.25) is 10.0 Å². The van der Waals surface area contributed by atoms with Crippen molar-refractivity contribution in [1.29, 1.82) is 0 Å². The summed E-state index contributed by atoms with van der Waals surface area (Å²) in [7, 11) is 2.15. The van der Waals surface area contributed by atoms with Gasteiger partial charge in [-0.1, -0.05) is 23.2 Å². The molecule has 0 bridgehead atoms. The molecule has 26 heavy (non-hydrogen) atoms. The monoisotopic (exact) mass is 400 g/mol. The van der Waals surface area contributed by atoms with Crippen molar-refractivity contribution in [2.45, 2.75) is 25.3 Å². The molecule has 2 fully saturated rings. The van der Waals surface area contributed by atoms with Crippen molar-refractivity contribution in [3.8, 4) is 0 Å². The number of carboxylic acid groups (broad SMARTS) is 1. The Bertz CT molecular complexity index is 638. The Morgan fingerprint density at radius 3 is 2.65 bits per heavy atom. The van der Waals surface area contributed by atoms with Crippen molar-refractivity contribution < 1.29 is 9.90 Å². The van der Waals surface area contributed by atoms with E-state index in [-0.39, 0.29) is 12.3 Å². The Balaban J connectivity index is 1.73. The molecule has 2 aliphatic heterocycles. The number of rotatable bonds is 5. The highest BCUT2D eigenvalue weighted by Gasteiger charge is 2.35. The number of nitrogens with zero attached hydrogens (tertiary/aromatic N) is 4. The van der Waals surface area contributed by atoms with Gasteiger partial charge in [0.1, 0.15) is 5.82 Å². The molecule has 1 aromatic rings. The normalized spacial score (nSPS) is 25.4. The van der Waals surface area contributed by atoms with E-state index in [0.29, 0.717) is 22.5 Å². The van der Waals surface area contributed by atoms with Crippen molar-refractivity contribution in [3.05, 3.63) is 22.3 Å². The molecule has 2 aliphatic rings. The maximum absolute atomic E-state index is 11.1. The number of aliphatic carboxylic acids is 1.